The molecule has 0 aliphatic carbocycles. The van der Waals surface area contributed by atoms with Crippen molar-refractivity contribution < 1.29 is 4.21 Å². The summed E-state index contributed by atoms with van der Waals surface area (Å²) in [5.74, 6) is 1.64. The Morgan fingerprint density at radius 1 is 1.42 bits per heavy atom. The predicted octanol–water partition coefficient (Wildman–Crippen LogP) is -0.340. The number of hydrogen-bond acceptors (Lipinski definition) is 3. The van der Waals surface area contributed by atoms with Gasteiger partial charge in [0.25, 0.3) is 0 Å². The van der Waals surface area contributed by atoms with Crippen molar-refractivity contribution >= 4 is 10.8 Å². The zero-order valence-corrected chi connectivity index (χ0v) is 8.53. The van der Waals surface area contributed by atoms with Gasteiger partial charge in [0.15, 0.2) is 0 Å². The lowest BCUT2D eigenvalue weighted by atomic mass is 10.4. The number of rotatable bonds is 4. The molecule has 1 aliphatic heterocycles. The molecule has 12 heavy (non-hydrogen) atoms. The highest BCUT2D eigenvalue weighted by Gasteiger charge is 2.09. The molecule has 0 aromatic heterocycles. The summed E-state index contributed by atoms with van der Waals surface area (Å²) in [5, 5.41) is 3.30. The van der Waals surface area contributed by atoms with Crippen molar-refractivity contribution in [3.05, 3.63) is 0 Å². The van der Waals surface area contributed by atoms with E-state index >= 15 is 0 Å². The van der Waals surface area contributed by atoms with E-state index in [1.165, 1.54) is 0 Å². The molecule has 0 aromatic carbocycles. The van der Waals surface area contributed by atoms with Gasteiger partial charge in [-0.15, -0.1) is 0 Å². The predicted molar refractivity (Wildman–Crippen MR) is 52.9 cm³/mol. The van der Waals surface area contributed by atoms with Crippen LogP contribution in [0, 0.1) is 0 Å². The zero-order valence-electron chi connectivity index (χ0n) is 7.71. The monoisotopic (exact) mass is 190 g/mol. The van der Waals surface area contributed by atoms with Crippen LogP contribution in [0.5, 0.6) is 0 Å². The fourth-order valence-corrected chi connectivity index (χ4v) is 2.06. The van der Waals surface area contributed by atoms with Crippen LogP contribution in [-0.2, 0) is 10.8 Å². The van der Waals surface area contributed by atoms with Crippen LogP contribution in [0.3, 0.4) is 0 Å². The molecule has 1 unspecified atom stereocenters. The SMILES string of the molecule is CCS(=O)CCN1CCNCC1. The summed E-state index contributed by atoms with van der Waals surface area (Å²) in [6, 6.07) is 0. The third-order valence-corrected chi connectivity index (χ3v) is 3.45. The molecule has 0 saturated carbocycles. The summed E-state index contributed by atoms with van der Waals surface area (Å²) < 4.78 is 11.1. The quantitative estimate of drug-likeness (QED) is 0.658. The molecule has 0 aromatic rings. The Bertz CT molecular complexity index is 146. The van der Waals surface area contributed by atoms with Gasteiger partial charge in [0.1, 0.15) is 0 Å². The molecular formula is C8H18N2OS. The Hall–Kier alpha value is 0.0700. The third-order valence-electron chi connectivity index (χ3n) is 2.17. The van der Waals surface area contributed by atoms with E-state index in [0.29, 0.717) is 0 Å². The minimum Gasteiger partial charge on any atom is -0.314 e. The van der Waals surface area contributed by atoms with Crippen LogP contribution in [-0.4, -0.2) is 53.3 Å². The smallest absolute Gasteiger partial charge is 0.0362 e. The molecule has 0 radical (unpaired) electrons. The summed E-state index contributed by atoms with van der Waals surface area (Å²) in [5.41, 5.74) is 0. The van der Waals surface area contributed by atoms with Crippen LogP contribution < -0.4 is 5.32 Å². The van der Waals surface area contributed by atoms with E-state index in [1.807, 2.05) is 6.92 Å². The van der Waals surface area contributed by atoms with Crippen molar-refractivity contribution in [3.8, 4) is 0 Å². The van der Waals surface area contributed by atoms with Crippen LogP contribution in [0.2, 0.25) is 0 Å². The summed E-state index contributed by atoms with van der Waals surface area (Å²) in [6.45, 7) is 7.37. The second kappa shape index (κ2) is 5.67. The Kier molecular flexibility index (Phi) is 4.80. The average Bonchev–Trinajstić information content (AvgIpc) is 2.16. The van der Waals surface area contributed by atoms with E-state index in [2.05, 4.69) is 10.2 Å². The number of nitrogens with one attached hydrogen (secondary N) is 1. The first-order valence-corrected chi connectivity index (χ1v) is 6.09. The first kappa shape index (κ1) is 10.2. The van der Waals surface area contributed by atoms with Crippen LogP contribution in [0.25, 0.3) is 0 Å². The fraction of sp³-hybridized carbons (Fsp3) is 1.00. The Labute approximate surface area is 77.0 Å². The van der Waals surface area contributed by atoms with E-state index < -0.39 is 10.8 Å². The number of nitrogens with zero attached hydrogens (tertiary/aromatic N) is 1. The highest BCUT2D eigenvalue weighted by atomic mass is 32.2. The lowest BCUT2D eigenvalue weighted by Gasteiger charge is -2.26. The van der Waals surface area contributed by atoms with Gasteiger partial charge in [-0.2, -0.15) is 0 Å². The van der Waals surface area contributed by atoms with Gasteiger partial charge in [0, 0.05) is 55.0 Å². The third kappa shape index (κ3) is 3.65. The Balaban J connectivity index is 2.09. The van der Waals surface area contributed by atoms with E-state index in [1.54, 1.807) is 0 Å². The van der Waals surface area contributed by atoms with E-state index in [4.69, 9.17) is 0 Å². The minimum absolute atomic E-state index is 0.591. The first-order valence-electron chi connectivity index (χ1n) is 4.61. The van der Waals surface area contributed by atoms with Crippen molar-refractivity contribution in [1.82, 2.24) is 10.2 Å². The average molecular weight is 190 g/mol. The van der Waals surface area contributed by atoms with Crippen LogP contribution in [0.15, 0.2) is 0 Å². The molecular weight excluding hydrogens is 172 g/mol. The van der Waals surface area contributed by atoms with Gasteiger partial charge in [0.05, 0.1) is 0 Å². The summed E-state index contributed by atoms with van der Waals surface area (Å²) >= 11 is 0. The molecule has 1 saturated heterocycles. The lowest BCUT2D eigenvalue weighted by molar-refractivity contribution is 0.254. The van der Waals surface area contributed by atoms with Gasteiger partial charge < -0.3 is 5.32 Å². The highest BCUT2D eigenvalue weighted by molar-refractivity contribution is 7.84. The van der Waals surface area contributed by atoms with Gasteiger partial charge in [-0.25, -0.2) is 0 Å². The van der Waals surface area contributed by atoms with E-state index in [9.17, 15) is 4.21 Å². The maximum Gasteiger partial charge on any atom is 0.0362 e. The van der Waals surface area contributed by atoms with Gasteiger partial charge in [-0.1, -0.05) is 6.92 Å². The van der Waals surface area contributed by atoms with E-state index in [0.717, 1.165) is 44.2 Å². The van der Waals surface area contributed by atoms with Crippen molar-refractivity contribution in [2.24, 2.45) is 0 Å². The molecule has 4 heteroatoms. The number of hydrogen-bond donors (Lipinski definition) is 1. The van der Waals surface area contributed by atoms with Crippen molar-refractivity contribution in [3.63, 3.8) is 0 Å². The second-order valence-electron chi connectivity index (χ2n) is 3.02. The Morgan fingerprint density at radius 3 is 2.67 bits per heavy atom. The summed E-state index contributed by atoms with van der Waals surface area (Å²) in [6.07, 6.45) is 0. The maximum atomic E-state index is 11.1. The van der Waals surface area contributed by atoms with Crippen LogP contribution >= 0.6 is 0 Å². The van der Waals surface area contributed by atoms with E-state index in [-0.39, 0.29) is 0 Å². The first-order chi connectivity index (χ1) is 5.83. The largest absolute Gasteiger partial charge is 0.314 e. The molecule has 1 atom stereocenters. The topological polar surface area (TPSA) is 32.3 Å². The van der Waals surface area contributed by atoms with Gasteiger partial charge in [-0.05, 0) is 0 Å². The van der Waals surface area contributed by atoms with Gasteiger partial charge in [0.2, 0.25) is 0 Å². The molecule has 72 valence electrons. The Morgan fingerprint density at radius 2 is 2.08 bits per heavy atom. The van der Waals surface area contributed by atoms with Crippen molar-refractivity contribution in [1.29, 1.82) is 0 Å². The standard InChI is InChI=1S/C8H18N2OS/c1-2-12(11)8-7-10-5-3-9-4-6-10/h9H,2-8H2,1H3. The van der Waals surface area contributed by atoms with Gasteiger partial charge >= 0.3 is 0 Å². The molecule has 3 nitrogen and oxygen atoms in total. The maximum absolute atomic E-state index is 11.1. The molecule has 0 bridgehead atoms. The molecule has 1 rings (SSSR count). The van der Waals surface area contributed by atoms with Gasteiger partial charge in [-0.3, -0.25) is 9.11 Å². The van der Waals surface area contributed by atoms with Crippen molar-refractivity contribution in [2.45, 2.75) is 6.92 Å². The fourth-order valence-electron chi connectivity index (χ4n) is 1.31. The normalized spacial score (nSPS) is 22.4. The lowest BCUT2D eigenvalue weighted by Crippen LogP contribution is -2.44. The van der Waals surface area contributed by atoms with Crippen molar-refractivity contribution in [2.75, 3.05) is 44.2 Å². The highest BCUT2D eigenvalue weighted by Crippen LogP contribution is 1.92. The molecule has 1 aliphatic rings. The second-order valence-corrected chi connectivity index (χ2v) is 4.89. The molecule has 1 N–H and O–H groups in total. The zero-order chi connectivity index (χ0) is 8.81. The minimum atomic E-state index is -0.591. The summed E-state index contributed by atoms with van der Waals surface area (Å²) in [4.78, 5) is 2.38. The van der Waals surface area contributed by atoms with Crippen LogP contribution in [0.1, 0.15) is 6.92 Å². The molecule has 0 spiro atoms. The summed E-state index contributed by atoms with van der Waals surface area (Å²) in [7, 11) is -0.591. The molecule has 1 fully saturated rings. The van der Waals surface area contributed by atoms with Crippen LogP contribution in [0.4, 0.5) is 0 Å². The molecule has 0 amide bonds. The molecule has 1 heterocycles. The number of piperazine rings is 1.